The molecule has 0 radical (unpaired) electrons. The van der Waals surface area contributed by atoms with Crippen molar-refractivity contribution in [2.45, 2.75) is 37.7 Å². The second kappa shape index (κ2) is 8.62. The Hall–Kier alpha value is -4.06. The Morgan fingerprint density at radius 2 is 1.91 bits per heavy atom. The molecular weight excluding hydrogens is 462 g/mol. The molecule has 1 aromatic rings. The van der Waals surface area contributed by atoms with Crippen LogP contribution in [0, 0.1) is 21.6 Å². The van der Waals surface area contributed by atoms with Crippen molar-refractivity contribution in [1.29, 1.82) is 0 Å². The first-order chi connectivity index (χ1) is 16.6. The Labute approximate surface area is 197 Å². The molecule has 0 saturated carbocycles. The van der Waals surface area contributed by atoms with Crippen molar-refractivity contribution in [3.05, 3.63) is 61.2 Å². The number of hydrogen-bond donors (Lipinski definition) is 3. The lowest BCUT2D eigenvalue weighted by molar-refractivity contribution is -0.141. The minimum Gasteiger partial charge on any atom is -0.507 e. The number of nitrogens with zero attached hydrogens (tertiary/aromatic N) is 2. The number of methoxy groups -OCH3 is 1. The molecule has 0 heterocycles. The Kier molecular flexibility index (Phi) is 5.93. The summed E-state index contributed by atoms with van der Waals surface area (Å²) in [4.78, 5) is 73.4. The molecule has 0 aromatic heterocycles. The van der Waals surface area contributed by atoms with E-state index in [1.165, 1.54) is 13.2 Å². The van der Waals surface area contributed by atoms with Crippen LogP contribution < -0.4 is 5.73 Å². The average molecular weight is 483 g/mol. The first-order valence-corrected chi connectivity index (χ1v) is 10.8. The monoisotopic (exact) mass is 483 g/mol. The van der Waals surface area contributed by atoms with Gasteiger partial charge in [-0.2, -0.15) is 0 Å². The number of nitrogens with two attached hydrogens (primary N) is 1. The predicted octanol–water partition coefficient (Wildman–Crippen LogP) is 1.10. The second-order valence-corrected chi connectivity index (χ2v) is 8.77. The van der Waals surface area contributed by atoms with Crippen LogP contribution in [0.5, 0.6) is 5.75 Å². The normalized spacial score (nSPS) is 25.4. The van der Waals surface area contributed by atoms with Gasteiger partial charge in [-0.3, -0.25) is 19.2 Å². The fourth-order valence-electron chi connectivity index (χ4n) is 5.46. The van der Waals surface area contributed by atoms with Crippen molar-refractivity contribution in [2.75, 3.05) is 7.11 Å². The number of ketones is 2. The summed E-state index contributed by atoms with van der Waals surface area (Å²) in [6.07, 6.45) is 0.0462. The van der Waals surface area contributed by atoms with Gasteiger partial charge in [0, 0.05) is 24.3 Å². The standard InChI is InChI=1S/C23H21N3O9/c1-35-15(28)5-3-9-2-4-14(27)17-12(9)7-10-6-11-8-13(25-33)18(22(24)31)21(30)23(11,32)20(26-34)16(10)19(17)29/h2,4,10-11,27,32H,3,5-8H2,1H3,(H2,24,31)/t10-,11+,23+/m1/s1. The SMILES string of the molecule is COC(=O)CCc1ccc(O)c2c1C[C@H]1C[C@H]3CC(N=O)=C(C(N)=O)C(=O)[C@@]3(O)C(N=O)=C1C2=O. The highest BCUT2D eigenvalue weighted by molar-refractivity contribution is 6.25. The molecule has 35 heavy (non-hydrogen) atoms. The number of aryl methyl sites for hydroxylation is 1. The minimum atomic E-state index is -2.66. The highest BCUT2D eigenvalue weighted by atomic mass is 16.5. The van der Waals surface area contributed by atoms with E-state index in [0.29, 0.717) is 11.1 Å². The summed E-state index contributed by atoms with van der Waals surface area (Å²) >= 11 is 0. The number of rotatable bonds is 6. The number of benzene rings is 1. The molecule has 0 spiro atoms. The summed E-state index contributed by atoms with van der Waals surface area (Å²) in [6, 6.07) is 2.86. The van der Waals surface area contributed by atoms with Crippen LogP contribution in [0.2, 0.25) is 0 Å². The summed E-state index contributed by atoms with van der Waals surface area (Å²) in [7, 11) is 1.25. The smallest absolute Gasteiger partial charge is 0.305 e. The van der Waals surface area contributed by atoms with Gasteiger partial charge in [0.15, 0.2) is 11.4 Å². The molecule has 182 valence electrons. The van der Waals surface area contributed by atoms with Gasteiger partial charge in [0.1, 0.15) is 22.7 Å². The molecule has 12 nitrogen and oxygen atoms in total. The van der Waals surface area contributed by atoms with Gasteiger partial charge in [0.05, 0.1) is 12.7 Å². The number of primary amides is 1. The van der Waals surface area contributed by atoms with Crippen LogP contribution in [0.25, 0.3) is 0 Å². The molecule has 3 aliphatic rings. The first-order valence-electron chi connectivity index (χ1n) is 10.8. The number of aliphatic hydroxyl groups is 1. The Morgan fingerprint density at radius 3 is 2.51 bits per heavy atom. The molecule has 0 aliphatic heterocycles. The van der Waals surface area contributed by atoms with Crippen LogP contribution in [0.1, 0.15) is 40.7 Å². The molecule has 4 rings (SSSR count). The topological polar surface area (TPSA) is 203 Å². The maximum atomic E-state index is 13.5. The zero-order chi connectivity index (χ0) is 25.7. The molecule has 0 saturated heterocycles. The number of fused-ring (bicyclic) bond motifs is 3. The van der Waals surface area contributed by atoms with Gasteiger partial charge in [0.25, 0.3) is 5.91 Å². The van der Waals surface area contributed by atoms with Gasteiger partial charge in [-0.25, -0.2) is 0 Å². The summed E-state index contributed by atoms with van der Waals surface area (Å²) in [6.45, 7) is 0. The number of hydrogen-bond acceptors (Lipinski definition) is 11. The van der Waals surface area contributed by atoms with E-state index in [9.17, 15) is 39.2 Å². The lowest BCUT2D eigenvalue weighted by Crippen LogP contribution is -2.56. The van der Waals surface area contributed by atoms with Gasteiger partial charge in [-0.1, -0.05) is 6.07 Å². The van der Waals surface area contributed by atoms with E-state index >= 15 is 0 Å². The number of esters is 1. The molecule has 3 aliphatic carbocycles. The number of nitroso groups, excluding NO2 is 2. The zero-order valence-corrected chi connectivity index (χ0v) is 18.6. The lowest BCUT2D eigenvalue weighted by atomic mass is 9.59. The van der Waals surface area contributed by atoms with E-state index < -0.39 is 57.8 Å². The van der Waals surface area contributed by atoms with Crippen molar-refractivity contribution in [1.82, 2.24) is 0 Å². The molecule has 0 bridgehead atoms. The summed E-state index contributed by atoms with van der Waals surface area (Å²) < 4.78 is 4.66. The number of carbonyl (C=O) groups is 4. The maximum Gasteiger partial charge on any atom is 0.305 e. The molecule has 12 heteroatoms. The van der Waals surface area contributed by atoms with Gasteiger partial charge in [-0.15, -0.1) is 9.81 Å². The van der Waals surface area contributed by atoms with Gasteiger partial charge in [-0.05, 0) is 52.7 Å². The molecule has 1 amide bonds. The van der Waals surface area contributed by atoms with Gasteiger partial charge in [0.2, 0.25) is 5.78 Å². The van der Waals surface area contributed by atoms with Crippen LogP contribution in [-0.4, -0.2) is 46.4 Å². The van der Waals surface area contributed by atoms with Crippen molar-refractivity contribution in [2.24, 2.45) is 27.9 Å². The highest BCUT2D eigenvalue weighted by Crippen LogP contribution is 2.53. The second-order valence-electron chi connectivity index (χ2n) is 8.77. The number of carbonyl (C=O) groups excluding carboxylic acids is 4. The fourth-order valence-corrected chi connectivity index (χ4v) is 5.46. The summed E-state index contributed by atoms with van der Waals surface area (Å²) in [5, 5.41) is 27.4. The third-order valence-electron chi connectivity index (χ3n) is 7.07. The molecule has 3 atom stereocenters. The van der Waals surface area contributed by atoms with Gasteiger partial charge >= 0.3 is 5.97 Å². The van der Waals surface area contributed by atoms with Crippen LogP contribution in [0.15, 0.2) is 45.0 Å². The molecule has 0 fully saturated rings. The van der Waals surface area contributed by atoms with E-state index in [1.807, 2.05) is 0 Å². The number of aromatic hydroxyl groups is 1. The van der Waals surface area contributed by atoms with E-state index in [0.717, 1.165) is 0 Å². The largest absolute Gasteiger partial charge is 0.507 e. The number of phenols is 1. The van der Waals surface area contributed by atoms with Crippen molar-refractivity contribution < 1.29 is 34.1 Å². The Morgan fingerprint density at radius 1 is 1.20 bits per heavy atom. The van der Waals surface area contributed by atoms with E-state index in [1.54, 1.807) is 6.07 Å². The number of amides is 1. The minimum absolute atomic E-state index is 0.0149. The van der Waals surface area contributed by atoms with Crippen LogP contribution in [-0.2, 0) is 32.0 Å². The van der Waals surface area contributed by atoms with Crippen molar-refractivity contribution in [3.63, 3.8) is 0 Å². The summed E-state index contributed by atoms with van der Waals surface area (Å²) in [5.41, 5.74) is 1.25. The third kappa shape index (κ3) is 3.48. The molecule has 0 unspecified atom stereocenters. The number of allylic oxidation sites excluding steroid dienone is 2. The zero-order valence-electron chi connectivity index (χ0n) is 18.6. The lowest BCUT2D eigenvalue weighted by Gasteiger charge is -2.45. The van der Waals surface area contributed by atoms with E-state index in [2.05, 4.69) is 15.1 Å². The number of ether oxygens (including phenoxy) is 1. The van der Waals surface area contributed by atoms with Crippen molar-refractivity contribution in [3.8, 4) is 5.75 Å². The summed E-state index contributed by atoms with van der Waals surface area (Å²) in [5.74, 6) is -6.02. The highest BCUT2D eigenvalue weighted by Gasteiger charge is 2.60. The van der Waals surface area contributed by atoms with E-state index in [4.69, 9.17) is 5.73 Å². The molecule has 4 N–H and O–H groups in total. The van der Waals surface area contributed by atoms with E-state index in [-0.39, 0.29) is 49.0 Å². The molecule has 1 aromatic carbocycles. The molecular formula is C23H21N3O9. The number of phenolic OH excluding ortho intramolecular Hbond substituents is 1. The van der Waals surface area contributed by atoms with Crippen LogP contribution >= 0.6 is 0 Å². The quantitative estimate of drug-likeness (QED) is 0.301. The maximum absolute atomic E-state index is 13.5. The van der Waals surface area contributed by atoms with Crippen LogP contribution in [0.4, 0.5) is 0 Å². The third-order valence-corrected chi connectivity index (χ3v) is 7.07. The Balaban J connectivity index is 1.88. The van der Waals surface area contributed by atoms with Crippen molar-refractivity contribution >= 4 is 23.4 Å². The van der Waals surface area contributed by atoms with Crippen LogP contribution in [0.3, 0.4) is 0 Å². The first kappa shape index (κ1) is 24.1. The predicted molar refractivity (Wildman–Crippen MR) is 117 cm³/mol. The fraction of sp³-hybridized carbons (Fsp3) is 0.391. The Bertz CT molecular complexity index is 1280. The average Bonchev–Trinajstić information content (AvgIpc) is 2.82. The van der Waals surface area contributed by atoms with Gasteiger partial charge < -0.3 is 20.7 Å². The number of Topliss-reactive ketones (excluding diaryl/α,β-unsaturated/α-hetero) is 2.